The van der Waals surface area contributed by atoms with Gasteiger partial charge in [0.05, 0.1) is 23.9 Å². The molecule has 1 N–H and O–H groups in total. The third kappa shape index (κ3) is 1.65. The van der Waals surface area contributed by atoms with E-state index in [9.17, 15) is 0 Å². The van der Waals surface area contributed by atoms with Crippen LogP contribution in [0, 0.1) is 0 Å². The molecule has 4 heteroatoms. The molecule has 1 aromatic rings. The minimum Gasteiger partial charge on any atom is -0.490 e. The van der Waals surface area contributed by atoms with Crippen molar-refractivity contribution in [3.63, 3.8) is 0 Å². The van der Waals surface area contributed by atoms with Gasteiger partial charge < -0.3 is 14.7 Å². The monoisotopic (exact) mass is 213 g/mol. The fraction of sp³-hybridized carbons (Fsp3) is 0.400. The Morgan fingerprint density at radius 3 is 3.14 bits per heavy atom. The van der Waals surface area contributed by atoms with E-state index < -0.39 is 0 Å². The minimum atomic E-state index is 0.130. The topological polar surface area (TPSA) is 32.7 Å². The maximum Gasteiger partial charge on any atom is 0.144 e. The standard InChI is InChI=1S/C10H12ClNO2/c11-8-2-1-3-9-10(8)12(4-6-13)5-7-14-9/h1-3,13H,4-7H2. The molecule has 0 saturated heterocycles. The van der Waals surface area contributed by atoms with Gasteiger partial charge in [-0.05, 0) is 12.1 Å². The number of hydrogen-bond acceptors (Lipinski definition) is 3. The average molecular weight is 214 g/mol. The van der Waals surface area contributed by atoms with Crippen LogP contribution < -0.4 is 9.64 Å². The predicted octanol–water partition coefficient (Wildman–Crippen LogP) is 1.53. The number of hydrogen-bond donors (Lipinski definition) is 1. The number of ether oxygens (including phenoxy) is 1. The molecule has 0 spiro atoms. The molecule has 0 aliphatic carbocycles. The molecule has 76 valence electrons. The van der Waals surface area contributed by atoms with E-state index in [2.05, 4.69) is 0 Å². The Morgan fingerprint density at radius 2 is 2.36 bits per heavy atom. The Kier molecular flexibility index (Phi) is 2.79. The first-order valence-electron chi connectivity index (χ1n) is 4.60. The van der Waals surface area contributed by atoms with Crippen LogP contribution >= 0.6 is 11.6 Å². The second kappa shape index (κ2) is 4.07. The van der Waals surface area contributed by atoms with Crippen molar-refractivity contribution in [2.45, 2.75) is 0 Å². The van der Waals surface area contributed by atoms with E-state index in [1.165, 1.54) is 0 Å². The zero-order valence-corrected chi connectivity index (χ0v) is 8.50. The molecule has 2 rings (SSSR count). The summed E-state index contributed by atoms with van der Waals surface area (Å²) in [5.41, 5.74) is 0.898. The summed E-state index contributed by atoms with van der Waals surface area (Å²) >= 11 is 6.07. The molecule has 3 nitrogen and oxygen atoms in total. The minimum absolute atomic E-state index is 0.130. The maximum atomic E-state index is 8.91. The van der Waals surface area contributed by atoms with E-state index in [0.29, 0.717) is 18.2 Å². The SMILES string of the molecule is OCCN1CCOc2cccc(Cl)c21. The summed E-state index contributed by atoms with van der Waals surface area (Å²) in [6.07, 6.45) is 0. The number of aliphatic hydroxyl groups excluding tert-OH is 1. The quantitative estimate of drug-likeness (QED) is 0.809. The smallest absolute Gasteiger partial charge is 0.144 e. The van der Waals surface area contributed by atoms with Gasteiger partial charge in [0.25, 0.3) is 0 Å². The molecule has 1 aliphatic heterocycles. The van der Waals surface area contributed by atoms with Crippen molar-refractivity contribution in [2.75, 3.05) is 31.2 Å². The van der Waals surface area contributed by atoms with Crippen LogP contribution in [0.1, 0.15) is 0 Å². The summed E-state index contributed by atoms with van der Waals surface area (Å²) in [4.78, 5) is 2.04. The van der Waals surface area contributed by atoms with Gasteiger partial charge in [0.2, 0.25) is 0 Å². The third-order valence-corrected chi connectivity index (χ3v) is 2.56. The molecule has 0 fully saturated rings. The fourth-order valence-electron chi connectivity index (χ4n) is 1.64. The van der Waals surface area contributed by atoms with Gasteiger partial charge in [0.1, 0.15) is 12.4 Å². The van der Waals surface area contributed by atoms with Gasteiger partial charge in [0.15, 0.2) is 0 Å². The van der Waals surface area contributed by atoms with Crippen molar-refractivity contribution in [1.82, 2.24) is 0 Å². The van der Waals surface area contributed by atoms with Crippen LogP contribution in [0.5, 0.6) is 5.75 Å². The molecule has 0 bridgehead atoms. The number of halogens is 1. The van der Waals surface area contributed by atoms with Crippen molar-refractivity contribution in [3.05, 3.63) is 23.2 Å². The first kappa shape index (κ1) is 9.62. The highest BCUT2D eigenvalue weighted by Crippen LogP contribution is 2.37. The summed E-state index contributed by atoms with van der Waals surface area (Å²) in [5.74, 6) is 0.803. The number of β-amino-alcohol motifs (C(OH)–C–C–N with tert-alkyl or cyclic N) is 1. The number of anilines is 1. The summed E-state index contributed by atoms with van der Waals surface area (Å²) in [6.45, 7) is 2.15. The zero-order valence-electron chi connectivity index (χ0n) is 7.74. The van der Waals surface area contributed by atoms with Gasteiger partial charge in [-0.1, -0.05) is 17.7 Å². The first-order chi connectivity index (χ1) is 6.83. The first-order valence-corrected chi connectivity index (χ1v) is 4.98. The normalized spacial score (nSPS) is 14.9. The Labute approximate surface area is 87.9 Å². The second-order valence-corrected chi connectivity index (χ2v) is 3.55. The van der Waals surface area contributed by atoms with Gasteiger partial charge in [-0.3, -0.25) is 0 Å². The van der Waals surface area contributed by atoms with Gasteiger partial charge in [0, 0.05) is 6.54 Å². The number of fused-ring (bicyclic) bond motifs is 1. The van der Waals surface area contributed by atoms with E-state index in [-0.39, 0.29) is 6.61 Å². The predicted molar refractivity (Wildman–Crippen MR) is 56.2 cm³/mol. The highest BCUT2D eigenvalue weighted by atomic mass is 35.5. The summed E-state index contributed by atoms with van der Waals surface area (Å²) in [6, 6.07) is 5.59. The lowest BCUT2D eigenvalue weighted by molar-refractivity contribution is 0.278. The number of aliphatic hydroxyl groups is 1. The van der Waals surface area contributed by atoms with Crippen molar-refractivity contribution in [3.8, 4) is 5.75 Å². The van der Waals surface area contributed by atoms with Crippen LogP contribution in [0.15, 0.2) is 18.2 Å². The van der Waals surface area contributed by atoms with Crippen molar-refractivity contribution >= 4 is 17.3 Å². The molecule has 1 aliphatic rings. The fourth-order valence-corrected chi connectivity index (χ4v) is 1.93. The van der Waals surface area contributed by atoms with E-state index >= 15 is 0 Å². The molecular formula is C10H12ClNO2. The van der Waals surface area contributed by atoms with Crippen LogP contribution in [0.3, 0.4) is 0 Å². The lowest BCUT2D eigenvalue weighted by atomic mass is 10.2. The summed E-state index contributed by atoms with van der Waals surface area (Å²) < 4.78 is 5.47. The molecular weight excluding hydrogens is 202 g/mol. The van der Waals surface area contributed by atoms with Crippen LogP contribution in [0.4, 0.5) is 5.69 Å². The Balaban J connectivity index is 2.36. The van der Waals surface area contributed by atoms with Gasteiger partial charge in [-0.2, -0.15) is 0 Å². The summed E-state index contributed by atoms with van der Waals surface area (Å²) in [7, 11) is 0. The lowest BCUT2D eigenvalue weighted by Crippen LogP contribution is -2.35. The summed E-state index contributed by atoms with van der Waals surface area (Å²) in [5, 5.41) is 9.59. The lowest BCUT2D eigenvalue weighted by Gasteiger charge is -2.31. The van der Waals surface area contributed by atoms with E-state index in [0.717, 1.165) is 18.0 Å². The Bertz CT molecular complexity index is 330. The number of benzene rings is 1. The highest BCUT2D eigenvalue weighted by molar-refractivity contribution is 6.33. The molecule has 0 unspecified atom stereocenters. The van der Waals surface area contributed by atoms with Gasteiger partial charge in [-0.25, -0.2) is 0 Å². The van der Waals surface area contributed by atoms with Crippen molar-refractivity contribution < 1.29 is 9.84 Å². The molecule has 0 atom stereocenters. The second-order valence-electron chi connectivity index (χ2n) is 3.15. The Hall–Kier alpha value is -0.930. The number of rotatable bonds is 2. The van der Waals surface area contributed by atoms with Gasteiger partial charge in [-0.15, -0.1) is 0 Å². The van der Waals surface area contributed by atoms with Crippen LogP contribution in [0.2, 0.25) is 5.02 Å². The van der Waals surface area contributed by atoms with Crippen LogP contribution in [-0.2, 0) is 0 Å². The molecule has 1 aromatic carbocycles. The highest BCUT2D eigenvalue weighted by Gasteiger charge is 2.19. The molecule has 14 heavy (non-hydrogen) atoms. The van der Waals surface area contributed by atoms with Gasteiger partial charge >= 0.3 is 0 Å². The van der Waals surface area contributed by atoms with Crippen LogP contribution in [0.25, 0.3) is 0 Å². The van der Waals surface area contributed by atoms with E-state index in [1.54, 1.807) is 0 Å². The number of nitrogens with zero attached hydrogens (tertiary/aromatic N) is 1. The van der Waals surface area contributed by atoms with Crippen molar-refractivity contribution in [2.24, 2.45) is 0 Å². The molecule has 0 saturated carbocycles. The van der Waals surface area contributed by atoms with Crippen LogP contribution in [-0.4, -0.2) is 31.4 Å². The molecule has 0 aromatic heterocycles. The third-order valence-electron chi connectivity index (χ3n) is 2.25. The van der Waals surface area contributed by atoms with E-state index in [1.807, 2.05) is 23.1 Å². The van der Waals surface area contributed by atoms with Crippen molar-refractivity contribution in [1.29, 1.82) is 0 Å². The average Bonchev–Trinajstić information content (AvgIpc) is 2.19. The maximum absolute atomic E-state index is 8.91. The Morgan fingerprint density at radius 1 is 1.50 bits per heavy atom. The molecule has 0 amide bonds. The van der Waals surface area contributed by atoms with E-state index in [4.69, 9.17) is 21.4 Å². The largest absolute Gasteiger partial charge is 0.490 e. The molecule has 0 radical (unpaired) electrons. The number of para-hydroxylation sites is 1. The molecule has 1 heterocycles. The zero-order chi connectivity index (χ0) is 9.97.